The maximum Gasteiger partial charge on any atom is 0.254 e. The largest absolute Gasteiger partial charge is 0.454 e. The van der Waals surface area contributed by atoms with Crippen molar-refractivity contribution in [3.63, 3.8) is 0 Å². The Morgan fingerprint density at radius 1 is 1.11 bits per heavy atom. The molecule has 2 aromatic carbocycles. The maximum atomic E-state index is 12.9. The van der Waals surface area contributed by atoms with Crippen LogP contribution in [0.3, 0.4) is 0 Å². The smallest absolute Gasteiger partial charge is 0.254 e. The Bertz CT molecular complexity index is 1270. The molecular formula is C25H25ClN4O6S. The third-order valence-electron chi connectivity index (χ3n) is 5.34. The van der Waals surface area contributed by atoms with Crippen LogP contribution in [0.15, 0.2) is 47.8 Å². The molecule has 10 nitrogen and oxygen atoms in total. The van der Waals surface area contributed by atoms with E-state index in [4.69, 9.17) is 25.8 Å². The van der Waals surface area contributed by atoms with Gasteiger partial charge in [0.1, 0.15) is 6.54 Å². The summed E-state index contributed by atoms with van der Waals surface area (Å²) in [4.78, 5) is 43.6. The van der Waals surface area contributed by atoms with Crippen LogP contribution in [-0.2, 0) is 27.3 Å². The van der Waals surface area contributed by atoms with Gasteiger partial charge in [-0.2, -0.15) is 0 Å². The number of fused-ring (bicyclic) bond motifs is 1. The van der Waals surface area contributed by atoms with Crippen molar-refractivity contribution < 1.29 is 28.6 Å². The number of nitrogens with zero attached hydrogens (tertiary/aromatic N) is 2. The van der Waals surface area contributed by atoms with Crippen molar-refractivity contribution in [2.24, 2.45) is 0 Å². The summed E-state index contributed by atoms with van der Waals surface area (Å²) in [6.07, 6.45) is 0.0614. The Hall–Kier alpha value is -3.67. The molecule has 0 radical (unpaired) electrons. The van der Waals surface area contributed by atoms with Crippen LogP contribution < -0.4 is 20.1 Å². The summed E-state index contributed by atoms with van der Waals surface area (Å²) in [6.45, 7) is 0.850. The third kappa shape index (κ3) is 7.42. The molecule has 0 bridgehead atoms. The second kappa shape index (κ2) is 12.5. The lowest BCUT2D eigenvalue weighted by atomic mass is 10.2. The van der Waals surface area contributed by atoms with E-state index in [1.165, 1.54) is 23.3 Å². The fourth-order valence-corrected chi connectivity index (χ4v) is 4.34. The van der Waals surface area contributed by atoms with E-state index >= 15 is 0 Å². The highest BCUT2D eigenvalue weighted by Gasteiger charge is 2.20. The van der Waals surface area contributed by atoms with E-state index in [2.05, 4.69) is 15.6 Å². The zero-order chi connectivity index (χ0) is 26.2. The Balaban J connectivity index is 1.27. The summed E-state index contributed by atoms with van der Waals surface area (Å²) in [5.41, 5.74) is 1.82. The average molecular weight is 545 g/mol. The minimum atomic E-state index is -0.411. The number of anilines is 1. The molecule has 1 aliphatic heterocycles. The summed E-state index contributed by atoms with van der Waals surface area (Å²) in [5, 5.41) is 8.10. The molecule has 0 unspecified atom stereocenters. The predicted molar refractivity (Wildman–Crippen MR) is 138 cm³/mol. The number of halogens is 1. The highest BCUT2D eigenvalue weighted by atomic mass is 35.5. The van der Waals surface area contributed by atoms with Gasteiger partial charge in [0.05, 0.1) is 18.7 Å². The van der Waals surface area contributed by atoms with E-state index in [1.807, 2.05) is 12.1 Å². The molecule has 37 heavy (non-hydrogen) atoms. The quantitative estimate of drug-likeness (QED) is 0.380. The monoisotopic (exact) mass is 544 g/mol. The molecule has 3 amide bonds. The van der Waals surface area contributed by atoms with Gasteiger partial charge in [-0.25, -0.2) is 4.98 Å². The topological polar surface area (TPSA) is 119 Å². The maximum absolute atomic E-state index is 12.9. The summed E-state index contributed by atoms with van der Waals surface area (Å²) in [6, 6.07) is 11.9. The SMILES string of the molecule is COCCN(CC(=O)Nc1nc(CC(=O)NCc2ccc3c(c2)OCO3)cs1)C(=O)c1ccc(Cl)cc1. The number of carbonyl (C=O) groups is 3. The molecule has 1 aliphatic rings. The van der Waals surface area contributed by atoms with Crippen molar-refractivity contribution in [2.75, 3.05) is 38.9 Å². The number of aromatic nitrogens is 1. The first-order valence-corrected chi connectivity index (χ1v) is 12.6. The first kappa shape index (κ1) is 26.4. The Morgan fingerprint density at radius 3 is 2.68 bits per heavy atom. The Kier molecular flexibility index (Phi) is 8.94. The van der Waals surface area contributed by atoms with Gasteiger partial charge in [0.2, 0.25) is 18.6 Å². The van der Waals surface area contributed by atoms with Crippen molar-refractivity contribution in [3.8, 4) is 11.5 Å². The zero-order valence-electron chi connectivity index (χ0n) is 20.0. The van der Waals surface area contributed by atoms with Crippen molar-refractivity contribution in [1.29, 1.82) is 0 Å². The van der Waals surface area contributed by atoms with Crippen molar-refractivity contribution in [1.82, 2.24) is 15.2 Å². The Morgan fingerprint density at radius 2 is 1.89 bits per heavy atom. The summed E-state index contributed by atoms with van der Waals surface area (Å²) in [5.74, 6) is 0.403. The average Bonchev–Trinajstić information content (AvgIpc) is 3.54. The number of hydrogen-bond donors (Lipinski definition) is 2. The molecule has 0 fully saturated rings. The lowest BCUT2D eigenvalue weighted by molar-refractivity contribution is -0.120. The molecule has 0 atom stereocenters. The molecule has 2 N–H and O–H groups in total. The highest BCUT2D eigenvalue weighted by Crippen LogP contribution is 2.32. The van der Waals surface area contributed by atoms with Gasteiger partial charge in [-0.05, 0) is 42.0 Å². The minimum Gasteiger partial charge on any atom is -0.454 e. The standard InChI is InChI=1S/C25H25ClN4O6S/c1-34-9-8-30(24(33)17-3-5-18(26)6-4-17)13-23(32)29-25-28-19(14-37-25)11-22(31)27-12-16-2-7-20-21(10-16)36-15-35-20/h2-7,10,14H,8-9,11-13,15H2,1H3,(H,27,31)(H,28,29,32). The van der Waals surface area contributed by atoms with Crippen LogP contribution in [0, 0.1) is 0 Å². The number of rotatable bonds is 11. The molecule has 3 aromatic rings. The van der Waals surface area contributed by atoms with Crippen LogP contribution in [0.2, 0.25) is 5.02 Å². The number of nitrogens with one attached hydrogen (secondary N) is 2. The van der Waals surface area contributed by atoms with E-state index in [1.54, 1.807) is 35.7 Å². The van der Waals surface area contributed by atoms with Crippen LogP contribution in [0.5, 0.6) is 11.5 Å². The molecule has 0 saturated heterocycles. The van der Waals surface area contributed by atoms with Crippen molar-refractivity contribution in [3.05, 3.63) is 69.7 Å². The molecular weight excluding hydrogens is 520 g/mol. The van der Waals surface area contributed by atoms with Gasteiger partial charge in [-0.15, -0.1) is 11.3 Å². The van der Waals surface area contributed by atoms with E-state index in [-0.39, 0.29) is 44.7 Å². The number of amides is 3. The molecule has 0 saturated carbocycles. The van der Waals surface area contributed by atoms with E-state index < -0.39 is 5.91 Å². The number of benzene rings is 2. The molecule has 2 heterocycles. The minimum absolute atomic E-state index is 0.0614. The lowest BCUT2D eigenvalue weighted by Gasteiger charge is -2.21. The van der Waals surface area contributed by atoms with Crippen molar-refractivity contribution >= 4 is 45.8 Å². The molecule has 4 rings (SSSR count). The van der Waals surface area contributed by atoms with Gasteiger partial charge in [-0.3, -0.25) is 14.4 Å². The zero-order valence-corrected chi connectivity index (χ0v) is 21.6. The summed E-state index contributed by atoms with van der Waals surface area (Å²) in [7, 11) is 1.52. The first-order chi connectivity index (χ1) is 17.9. The highest BCUT2D eigenvalue weighted by molar-refractivity contribution is 7.13. The van der Waals surface area contributed by atoms with Gasteiger partial charge in [0, 0.05) is 36.2 Å². The third-order valence-corrected chi connectivity index (χ3v) is 6.40. The van der Waals surface area contributed by atoms with Crippen LogP contribution in [0.25, 0.3) is 0 Å². The second-order valence-corrected chi connectivity index (χ2v) is 9.35. The second-order valence-electron chi connectivity index (χ2n) is 8.06. The van der Waals surface area contributed by atoms with E-state index in [0.29, 0.717) is 39.5 Å². The van der Waals surface area contributed by atoms with E-state index in [9.17, 15) is 14.4 Å². The van der Waals surface area contributed by atoms with Gasteiger partial charge >= 0.3 is 0 Å². The van der Waals surface area contributed by atoms with Crippen LogP contribution >= 0.6 is 22.9 Å². The molecule has 0 spiro atoms. The lowest BCUT2D eigenvalue weighted by Crippen LogP contribution is -2.40. The Labute approximate surface area is 222 Å². The first-order valence-electron chi connectivity index (χ1n) is 11.3. The summed E-state index contributed by atoms with van der Waals surface area (Å²) < 4.78 is 15.7. The van der Waals surface area contributed by atoms with Gasteiger partial charge in [0.15, 0.2) is 16.6 Å². The van der Waals surface area contributed by atoms with Gasteiger partial charge in [0.25, 0.3) is 5.91 Å². The predicted octanol–water partition coefficient (Wildman–Crippen LogP) is 3.11. The van der Waals surface area contributed by atoms with Crippen LogP contribution in [0.1, 0.15) is 21.6 Å². The van der Waals surface area contributed by atoms with Crippen molar-refractivity contribution in [2.45, 2.75) is 13.0 Å². The normalized spacial score (nSPS) is 11.7. The van der Waals surface area contributed by atoms with Crippen LogP contribution in [0.4, 0.5) is 5.13 Å². The van der Waals surface area contributed by atoms with Gasteiger partial charge in [-0.1, -0.05) is 17.7 Å². The van der Waals surface area contributed by atoms with Crippen LogP contribution in [-0.4, -0.2) is 61.2 Å². The van der Waals surface area contributed by atoms with E-state index in [0.717, 1.165) is 5.56 Å². The fourth-order valence-electron chi connectivity index (χ4n) is 3.49. The summed E-state index contributed by atoms with van der Waals surface area (Å²) >= 11 is 7.11. The molecule has 12 heteroatoms. The molecule has 1 aromatic heterocycles. The molecule has 0 aliphatic carbocycles. The van der Waals surface area contributed by atoms with Gasteiger partial charge < -0.3 is 29.7 Å². The fraction of sp³-hybridized carbons (Fsp3) is 0.280. The number of ether oxygens (including phenoxy) is 3. The number of carbonyl (C=O) groups excluding carboxylic acids is 3. The number of thiazole rings is 1. The number of methoxy groups -OCH3 is 1. The molecule has 194 valence electrons. The number of hydrogen-bond acceptors (Lipinski definition) is 8.